The second-order valence-corrected chi connectivity index (χ2v) is 5.28. The summed E-state index contributed by atoms with van der Waals surface area (Å²) in [5, 5.41) is 33.3. The van der Waals surface area contributed by atoms with E-state index in [0.29, 0.717) is 5.56 Å². The summed E-state index contributed by atoms with van der Waals surface area (Å²) < 4.78 is 0.723. The molecular weight excluding hydrogens is 370 g/mol. The average Bonchev–Trinajstić information content (AvgIpc) is 2.48. The van der Waals surface area contributed by atoms with Crippen LogP contribution in [0.3, 0.4) is 0 Å². The predicted octanol–water partition coefficient (Wildman–Crippen LogP) is 2.53. The van der Waals surface area contributed by atoms with E-state index in [0.717, 1.165) is 22.8 Å². The van der Waals surface area contributed by atoms with Gasteiger partial charge in [0, 0.05) is 27.7 Å². The molecule has 0 saturated carbocycles. The number of nitrogens with one attached hydrogen (secondary N) is 1. The zero-order chi connectivity index (χ0) is 17.0. The zero-order valence-electron chi connectivity index (χ0n) is 11.4. The predicted molar refractivity (Wildman–Crippen MR) is 85.6 cm³/mol. The molecule has 2 aromatic rings. The minimum atomic E-state index is -0.799. The highest BCUT2D eigenvalue weighted by Gasteiger charge is 2.16. The number of aromatic hydroxyl groups is 2. The van der Waals surface area contributed by atoms with Crippen molar-refractivity contribution >= 4 is 33.7 Å². The van der Waals surface area contributed by atoms with Crippen molar-refractivity contribution in [3.8, 4) is 11.5 Å². The molecule has 118 valence electrons. The number of phenols is 2. The molecule has 0 aliphatic heterocycles. The molecule has 9 heteroatoms. The Hall–Kier alpha value is -2.94. The number of halogens is 1. The van der Waals surface area contributed by atoms with Crippen molar-refractivity contribution in [1.82, 2.24) is 5.43 Å². The largest absolute Gasteiger partial charge is 0.507 e. The van der Waals surface area contributed by atoms with Crippen LogP contribution in [-0.2, 0) is 0 Å². The molecule has 0 spiro atoms. The van der Waals surface area contributed by atoms with Crippen LogP contribution in [0, 0.1) is 10.1 Å². The Labute approximate surface area is 138 Å². The van der Waals surface area contributed by atoms with E-state index in [1.165, 1.54) is 0 Å². The molecule has 0 aromatic heterocycles. The summed E-state index contributed by atoms with van der Waals surface area (Å²) in [6, 6.07) is 8.38. The van der Waals surface area contributed by atoms with Gasteiger partial charge in [-0.15, -0.1) is 0 Å². The number of benzene rings is 2. The van der Waals surface area contributed by atoms with Crippen LogP contribution in [0.4, 0.5) is 5.69 Å². The van der Waals surface area contributed by atoms with Crippen LogP contribution in [0.25, 0.3) is 0 Å². The van der Waals surface area contributed by atoms with Gasteiger partial charge >= 0.3 is 5.69 Å². The van der Waals surface area contributed by atoms with Gasteiger partial charge in [-0.1, -0.05) is 22.0 Å². The Morgan fingerprint density at radius 2 is 2.00 bits per heavy atom. The molecular formula is C14H10BrN3O5. The molecule has 8 nitrogen and oxygen atoms in total. The van der Waals surface area contributed by atoms with Crippen LogP contribution in [0.2, 0.25) is 0 Å². The van der Waals surface area contributed by atoms with Gasteiger partial charge in [0.2, 0.25) is 0 Å². The third-order valence-corrected chi connectivity index (χ3v) is 3.27. The van der Waals surface area contributed by atoms with Gasteiger partial charge in [0.1, 0.15) is 5.75 Å². The standard InChI is InChI=1S/C14H10BrN3O5/c15-10-3-1-2-8(4-10)14(21)17-16-7-9-5-11(18(22)23)13(20)6-12(9)19/h1-7,19-20H,(H,17,21)/b16-7-. The number of phenolic OH excluding ortho intramolecular Hbond substituents is 2. The van der Waals surface area contributed by atoms with Gasteiger partial charge in [-0.3, -0.25) is 14.9 Å². The molecule has 0 aliphatic carbocycles. The zero-order valence-corrected chi connectivity index (χ0v) is 13.0. The van der Waals surface area contributed by atoms with Crippen molar-refractivity contribution in [1.29, 1.82) is 0 Å². The first kappa shape index (κ1) is 16.4. The Morgan fingerprint density at radius 3 is 2.65 bits per heavy atom. The van der Waals surface area contributed by atoms with Gasteiger partial charge < -0.3 is 10.2 Å². The molecule has 0 heterocycles. The molecule has 3 N–H and O–H groups in total. The summed E-state index contributed by atoms with van der Waals surface area (Å²) in [6.45, 7) is 0. The molecule has 0 bridgehead atoms. The fourth-order valence-electron chi connectivity index (χ4n) is 1.69. The summed E-state index contributed by atoms with van der Waals surface area (Å²) in [7, 11) is 0. The number of nitrogens with zero attached hydrogens (tertiary/aromatic N) is 2. The molecule has 0 radical (unpaired) electrons. The third kappa shape index (κ3) is 4.04. The van der Waals surface area contributed by atoms with E-state index in [1.54, 1.807) is 24.3 Å². The number of hydrogen-bond acceptors (Lipinski definition) is 6. The maximum Gasteiger partial charge on any atom is 0.311 e. The fraction of sp³-hybridized carbons (Fsp3) is 0. The Morgan fingerprint density at radius 1 is 1.26 bits per heavy atom. The van der Waals surface area contributed by atoms with E-state index in [4.69, 9.17) is 0 Å². The number of hydrogen-bond donors (Lipinski definition) is 3. The van der Waals surface area contributed by atoms with E-state index < -0.39 is 28.0 Å². The first-order valence-corrected chi connectivity index (χ1v) is 6.97. The molecule has 0 aliphatic rings. The molecule has 0 fully saturated rings. The second kappa shape index (κ2) is 6.88. The van der Waals surface area contributed by atoms with E-state index in [2.05, 4.69) is 26.5 Å². The Balaban J connectivity index is 2.16. The number of nitro groups is 1. The number of carbonyl (C=O) groups excluding carboxylic acids is 1. The Kier molecular flexibility index (Phi) is 4.91. The molecule has 0 atom stereocenters. The van der Waals surface area contributed by atoms with Crippen molar-refractivity contribution in [2.24, 2.45) is 5.10 Å². The van der Waals surface area contributed by atoms with E-state index in [9.17, 15) is 25.1 Å². The number of carbonyl (C=O) groups is 1. The number of amides is 1. The van der Waals surface area contributed by atoms with E-state index >= 15 is 0 Å². The van der Waals surface area contributed by atoms with Gasteiger partial charge in [0.15, 0.2) is 5.75 Å². The van der Waals surface area contributed by atoms with Crippen molar-refractivity contribution in [3.05, 3.63) is 62.1 Å². The Bertz CT molecular complexity index is 807. The smallest absolute Gasteiger partial charge is 0.311 e. The molecule has 0 saturated heterocycles. The van der Waals surface area contributed by atoms with Gasteiger partial charge in [-0.05, 0) is 18.2 Å². The fourth-order valence-corrected chi connectivity index (χ4v) is 2.09. The molecule has 1 amide bonds. The minimum absolute atomic E-state index is 0.0240. The van der Waals surface area contributed by atoms with Gasteiger partial charge in [0.25, 0.3) is 5.91 Å². The summed E-state index contributed by atoms with van der Waals surface area (Å²) in [5.74, 6) is -1.56. The van der Waals surface area contributed by atoms with Gasteiger partial charge in [-0.2, -0.15) is 5.10 Å². The van der Waals surface area contributed by atoms with Crippen LogP contribution in [0.5, 0.6) is 11.5 Å². The maximum atomic E-state index is 11.8. The van der Waals surface area contributed by atoms with Crippen molar-refractivity contribution in [2.45, 2.75) is 0 Å². The van der Waals surface area contributed by atoms with Crippen LogP contribution in [0.1, 0.15) is 15.9 Å². The minimum Gasteiger partial charge on any atom is -0.507 e. The van der Waals surface area contributed by atoms with Crippen LogP contribution < -0.4 is 5.43 Å². The third-order valence-electron chi connectivity index (χ3n) is 2.78. The topological polar surface area (TPSA) is 125 Å². The van der Waals surface area contributed by atoms with Crippen molar-refractivity contribution in [2.75, 3.05) is 0 Å². The first-order chi connectivity index (χ1) is 10.9. The number of rotatable bonds is 4. The monoisotopic (exact) mass is 379 g/mol. The maximum absolute atomic E-state index is 11.8. The molecule has 0 unspecified atom stereocenters. The number of hydrazone groups is 1. The lowest BCUT2D eigenvalue weighted by Gasteiger charge is -2.02. The van der Waals surface area contributed by atoms with Crippen molar-refractivity contribution < 1.29 is 19.9 Å². The quantitative estimate of drug-likeness (QED) is 0.427. The summed E-state index contributed by atoms with van der Waals surface area (Å²) in [5.41, 5.74) is 1.99. The average molecular weight is 380 g/mol. The second-order valence-electron chi connectivity index (χ2n) is 4.37. The van der Waals surface area contributed by atoms with Gasteiger partial charge in [0.05, 0.1) is 11.1 Å². The molecule has 23 heavy (non-hydrogen) atoms. The van der Waals surface area contributed by atoms with Crippen LogP contribution in [0.15, 0.2) is 46.0 Å². The first-order valence-electron chi connectivity index (χ1n) is 6.18. The summed E-state index contributed by atoms with van der Waals surface area (Å²) in [4.78, 5) is 21.8. The summed E-state index contributed by atoms with van der Waals surface area (Å²) >= 11 is 3.23. The van der Waals surface area contributed by atoms with Crippen LogP contribution in [-0.4, -0.2) is 27.3 Å². The lowest BCUT2D eigenvalue weighted by Crippen LogP contribution is -2.17. The van der Waals surface area contributed by atoms with E-state index in [1.807, 2.05) is 0 Å². The van der Waals surface area contributed by atoms with E-state index in [-0.39, 0.29) is 5.56 Å². The summed E-state index contributed by atoms with van der Waals surface area (Å²) in [6.07, 6.45) is 1.04. The highest BCUT2D eigenvalue weighted by atomic mass is 79.9. The van der Waals surface area contributed by atoms with Crippen LogP contribution >= 0.6 is 15.9 Å². The molecule has 2 rings (SSSR count). The lowest BCUT2D eigenvalue weighted by molar-refractivity contribution is -0.385. The van der Waals surface area contributed by atoms with Gasteiger partial charge in [-0.25, -0.2) is 5.43 Å². The SMILES string of the molecule is O=C(N/N=C\c1cc([N+](=O)[O-])c(O)cc1O)c1cccc(Br)c1. The lowest BCUT2D eigenvalue weighted by atomic mass is 10.2. The van der Waals surface area contributed by atoms with Crippen molar-refractivity contribution in [3.63, 3.8) is 0 Å². The number of nitro benzene ring substituents is 1. The highest BCUT2D eigenvalue weighted by Crippen LogP contribution is 2.31. The highest BCUT2D eigenvalue weighted by molar-refractivity contribution is 9.10. The normalized spacial score (nSPS) is 10.7. The molecule has 2 aromatic carbocycles.